The van der Waals surface area contributed by atoms with Crippen LogP contribution >= 0.6 is 0 Å². The van der Waals surface area contributed by atoms with E-state index in [1.54, 1.807) is 19.9 Å². The highest BCUT2D eigenvalue weighted by molar-refractivity contribution is 5.60. The van der Waals surface area contributed by atoms with Crippen molar-refractivity contribution >= 4 is 6.16 Å². The number of rotatable bonds is 10. The number of ether oxygens (including phenoxy) is 4. The van der Waals surface area contributed by atoms with E-state index in [1.165, 1.54) is 0 Å². The van der Waals surface area contributed by atoms with Gasteiger partial charge in [0, 0.05) is 0 Å². The van der Waals surface area contributed by atoms with Gasteiger partial charge in [0.1, 0.15) is 6.61 Å². The first kappa shape index (κ1) is 20.9. The van der Waals surface area contributed by atoms with Gasteiger partial charge < -0.3 is 18.9 Å². The summed E-state index contributed by atoms with van der Waals surface area (Å²) in [7, 11) is 0. The van der Waals surface area contributed by atoms with Crippen molar-refractivity contribution in [2.45, 2.75) is 59.7 Å². The average Bonchev–Trinajstić information content (AvgIpc) is 2.40. The third-order valence-corrected chi connectivity index (χ3v) is 3.03. The summed E-state index contributed by atoms with van der Waals surface area (Å²) in [5.41, 5.74) is -0.663. The molecule has 0 saturated heterocycles. The van der Waals surface area contributed by atoms with Gasteiger partial charge in [-0.1, -0.05) is 13.0 Å². The Morgan fingerprint density at radius 3 is 2.27 bits per heavy atom. The number of hydrogen-bond acceptors (Lipinski definition) is 5. The van der Waals surface area contributed by atoms with Crippen molar-refractivity contribution in [1.29, 1.82) is 0 Å². The van der Waals surface area contributed by atoms with Gasteiger partial charge in [-0.05, 0) is 41.0 Å². The Bertz CT molecular complexity index is 332. The summed E-state index contributed by atoms with van der Waals surface area (Å²) >= 11 is 0. The molecule has 5 heteroatoms. The zero-order chi connectivity index (χ0) is 17.2. The van der Waals surface area contributed by atoms with Crippen LogP contribution < -0.4 is 0 Å². The molecule has 0 aromatic rings. The second-order valence-corrected chi connectivity index (χ2v) is 6.76. The molecule has 0 radical (unpaired) electrons. The summed E-state index contributed by atoms with van der Waals surface area (Å²) in [4.78, 5) is 11.6. The van der Waals surface area contributed by atoms with E-state index in [0.29, 0.717) is 19.8 Å². The van der Waals surface area contributed by atoms with E-state index in [4.69, 9.17) is 18.9 Å². The lowest BCUT2D eigenvalue weighted by Crippen LogP contribution is -2.40. The minimum absolute atomic E-state index is 0.197. The zero-order valence-corrected chi connectivity index (χ0v) is 14.9. The minimum Gasteiger partial charge on any atom is -0.434 e. The van der Waals surface area contributed by atoms with Gasteiger partial charge >= 0.3 is 6.16 Å². The average molecular weight is 316 g/mol. The molecule has 0 aromatic heterocycles. The fourth-order valence-corrected chi connectivity index (χ4v) is 1.60. The van der Waals surface area contributed by atoms with E-state index in [0.717, 1.165) is 6.42 Å². The highest BCUT2D eigenvalue weighted by Gasteiger charge is 2.33. The largest absolute Gasteiger partial charge is 0.508 e. The van der Waals surface area contributed by atoms with Crippen molar-refractivity contribution in [2.75, 3.05) is 26.4 Å². The Hall–Kier alpha value is -1.07. The normalized spacial score (nSPS) is 14.5. The Labute approximate surface area is 135 Å². The van der Waals surface area contributed by atoms with Crippen LogP contribution in [0.2, 0.25) is 0 Å². The first-order chi connectivity index (χ1) is 10.1. The van der Waals surface area contributed by atoms with E-state index in [9.17, 15) is 4.79 Å². The van der Waals surface area contributed by atoms with Crippen molar-refractivity contribution in [3.05, 3.63) is 12.7 Å². The first-order valence-corrected chi connectivity index (χ1v) is 7.80. The summed E-state index contributed by atoms with van der Waals surface area (Å²) in [6.07, 6.45) is 1.59. The molecule has 130 valence electrons. The Kier molecular flexibility index (Phi) is 9.37. The number of hydrogen-bond donors (Lipinski definition) is 0. The quantitative estimate of drug-likeness (QED) is 0.347. The van der Waals surface area contributed by atoms with Crippen LogP contribution in [0.3, 0.4) is 0 Å². The fourth-order valence-electron chi connectivity index (χ4n) is 1.60. The standard InChI is InChI=1S/C17H32O5/c1-8-10-19-11-17(9-2,13-21-16(5,6)7)12-20-15(18)22-14(3)4/h8,14H,1,9-13H2,2-7H3. The second-order valence-electron chi connectivity index (χ2n) is 6.76. The molecule has 5 nitrogen and oxygen atoms in total. The van der Waals surface area contributed by atoms with E-state index >= 15 is 0 Å². The van der Waals surface area contributed by atoms with Crippen molar-refractivity contribution in [2.24, 2.45) is 5.41 Å². The maximum Gasteiger partial charge on any atom is 0.508 e. The predicted molar refractivity (Wildman–Crippen MR) is 87.0 cm³/mol. The number of carbonyl (C=O) groups is 1. The van der Waals surface area contributed by atoms with Crippen LogP contribution in [0.5, 0.6) is 0 Å². The molecule has 0 aliphatic carbocycles. The van der Waals surface area contributed by atoms with Crippen LogP contribution in [-0.4, -0.2) is 44.3 Å². The Balaban J connectivity index is 4.72. The van der Waals surface area contributed by atoms with Gasteiger partial charge in [0.2, 0.25) is 0 Å². The maximum atomic E-state index is 11.6. The van der Waals surface area contributed by atoms with Crippen molar-refractivity contribution in [3.8, 4) is 0 Å². The first-order valence-electron chi connectivity index (χ1n) is 7.80. The molecule has 0 bridgehead atoms. The molecular weight excluding hydrogens is 284 g/mol. The summed E-state index contributed by atoms with van der Waals surface area (Å²) in [6, 6.07) is 0. The van der Waals surface area contributed by atoms with E-state index in [2.05, 4.69) is 6.58 Å². The van der Waals surface area contributed by atoms with E-state index < -0.39 is 11.6 Å². The molecule has 0 aliphatic heterocycles. The van der Waals surface area contributed by atoms with Gasteiger partial charge in [0.15, 0.2) is 0 Å². The van der Waals surface area contributed by atoms with Gasteiger partial charge in [0.25, 0.3) is 0 Å². The summed E-state index contributed by atoms with van der Waals surface area (Å²) in [6.45, 7) is 16.7. The lowest BCUT2D eigenvalue weighted by Gasteiger charge is -2.34. The summed E-state index contributed by atoms with van der Waals surface area (Å²) < 4.78 is 21.7. The van der Waals surface area contributed by atoms with Gasteiger partial charge in [-0.3, -0.25) is 0 Å². The van der Waals surface area contributed by atoms with Crippen LogP contribution in [0.25, 0.3) is 0 Å². The van der Waals surface area contributed by atoms with Gasteiger partial charge in [-0.2, -0.15) is 0 Å². The molecule has 0 aromatic carbocycles. The maximum absolute atomic E-state index is 11.6. The van der Waals surface area contributed by atoms with Crippen LogP contribution in [0.15, 0.2) is 12.7 Å². The van der Waals surface area contributed by atoms with E-state index in [1.807, 2.05) is 27.7 Å². The zero-order valence-electron chi connectivity index (χ0n) is 14.9. The number of carbonyl (C=O) groups excluding carboxylic acids is 1. The molecule has 22 heavy (non-hydrogen) atoms. The van der Waals surface area contributed by atoms with Gasteiger partial charge in [-0.25, -0.2) is 4.79 Å². The molecule has 0 rings (SSSR count). The highest BCUT2D eigenvalue weighted by Crippen LogP contribution is 2.26. The molecule has 0 aliphatic rings. The lowest BCUT2D eigenvalue weighted by molar-refractivity contribution is -0.102. The third kappa shape index (κ3) is 9.79. The molecule has 1 unspecified atom stereocenters. The van der Waals surface area contributed by atoms with Crippen LogP contribution in [0.4, 0.5) is 4.79 Å². The predicted octanol–water partition coefficient (Wildman–Crippen LogP) is 3.96. The van der Waals surface area contributed by atoms with Crippen molar-refractivity contribution in [1.82, 2.24) is 0 Å². The molecule has 0 amide bonds. The van der Waals surface area contributed by atoms with Crippen molar-refractivity contribution in [3.63, 3.8) is 0 Å². The Morgan fingerprint density at radius 1 is 1.18 bits per heavy atom. The van der Waals surface area contributed by atoms with Gasteiger partial charge in [0.05, 0.1) is 36.9 Å². The lowest BCUT2D eigenvalue weighted by atomic mass is 9.87. The minimum atomic E-state index is -0.660. The third-order valence-electron chi connectivity index (χ3n) is 3.03. The second kappa shape index (κ2) is 9.85. The van der Waals surface area contributed by atoms with Gasteiger partial charge in [-0.15, -0.1) is 6.58 Å². The molecule has 0 N–H and O–H groups in total. The monoisotopic (exact) mass is 316 g/mol. The smallest absolute Gasteiger partial charge is 0.434 e. The van der Waals surface area contributed by atoms with Crippen LogP contribution in [0.1, 0.15) is 48.0 Å². The van der Waals surface area contributed by atoms with Crippen LogP contribution in [0, 0.1) is 5.41 Å². The Morgan fingerprint density at radius 2 is 1.82 bits per heavy atom. The fraction of sp³-hybridized carbons (Fsp3) is 0.824. The summed E-state index contributed by atoms with van der Waals surface area (Å²) in [5, 5.41) is 0. The SMILES string of the molecule is C=CCOCC(CC)(COC(=O)OC(C)C)COC(C)(C)C. The topological polar surface area (TPSA) is 54.0 Å². The molecule has 0 fully saturated rings. The van der Waals surface area contributed by atoms with E-state index in [-0.39, 0.29) is 18.3 Å². The molecule has 0 saturated carbocycles. The summed E-state index contributed by atoms with van der Waals surface area (Å²) in [5.74, 6) is 0. The highest BCUT2D eigenvalue weighted by atomic mass is 16.7. The molecule has 0 spiro atoms. The van der Waals surface area contributed by atoms with Crippen LogP contribution in [-0.2, 0) is 18.9 Å². The molecule has 0 heterocycles. The van der Waals surface area contributed by atoms with Crippen molar-refractivity contribution < 1.29 is 23.7 Å². The molecular formula is C17H32O5. The molecule has 1 atom stereocenters.